The van der Waals surface area contributed by atoms with Gasteiger partial charge in [0.15, 0.2) is 0 Å². The number of carboxylic acids is 1. The first-order valence-corrected chi connectivity index (χ1v) is 6.88. The van der Waals surface area contributed by atoms with Gasteiger partial charge in [-0.05, 0) is 45.1 Å². The fraction of sp³-hybridized carbons (Fsp3) is 0.786. The smallest absolute Gasteiger partial charge is 0.320 e. The number of rotatable bonds is 8. The van der Waals surface area contributed by atoms with Gasteiger partial charge < -0.3 is 10.4 Å². The van der Waals surface area contributed by atoms with Crippen LogP contribution in [0.3, 0.4) is 0 Å². The lowest BCUT2D eigenvalue weighted by Crippen LogP contribution is -2.37. The standard InChI is InChI=1S/C14H25NO2/c1-2-3-9-13(14(16)17)15-11-10-12-7-5-4-6-8-12/h7,13,15H,2-6,8-11H2,1H3,(H,16,17). The maximum atomic E-state index is 11.0. The van der Waals surface area contributed by atoms with Crippen LogP contribution in [0.1, 0.15) is 58.3 Å². The molecule has 2 N–H and O–H groups in total. The number of aliphatic carboxylic acids is 1. The molecule has 0 aliphatic heterocycles. The van der Waals surface area contributed by atoms with Crippen LogP contribution in [0.15, 0.2) is 11.6 Å². The van der Waals surface area contributed by atoms with Crippen molar-refractivity contribution < 1.29 is 9.90 Å². The number of hydrogen-bond donors (Lipinski definition) is 2. The van der Waals surface area contributed by atoms with Gasteiger partial charge in [-0.15, -0.1) is 0 Å². The number of hydrogen-bond acceptors (Lipinski definition) is 2. The highest BCUT2D eigenvalue weighted by molar-refractivity contribution is 5.73. The Labute approximate surface area is 104 Å². The maximum Gasteiger partial charge on any atom is 0.320 e. The Hall–Kier alpha value is -0.830. The lowest BCUT2D eigenvalue weighted by molar-refractivity contribution is -0.139. The molecular formula is C14H25NO2. The summed E-state index contributed by atoms with van der Waals surface area (Å²) in [6.07, 6.45) is 11.1. The lowest BCUT2D eigenvalue weighted by Gasteiger charge is -2.16. The summed E-state index contributed by atoms with van der Waals surface area (Å²) >= 11 is 0. The molecule has 0 spiro atoms. The molecule has 3 nitrogen and oxygen atoms in total. The van der Waals surface area contributed by atoms with Gasteiger partial charge in [0.05, 0.1) is 0 Å². The van der Waals surface area contributed by atoms with Crippen LogP contribution in [-0.2, 0) is 4.79 Å². The zero-order chi connectivity index (χ0) is 12.5. The average molecular weight is 239 g/mol. The predicted octanol–water partition coefficient (Wildman–Crippen LogP) is 3.11. The van der Waals surface area contributed by atoms with Crippen LogP contribution in [0.5, 0.6) is 0 Å². The summed E-state index contributed by atoms with van der Waals surface area (Å²) in [5.41, 5.74) is 1.50. The van der Waals surface area contributed by atoms with E-state index in [-0.39, 0.29) is 6.04 Å². The van der Waals surface area contributed by atoms with E-state index < -0.39 is 5.97 Å². The summed E-state index contributed by atoms with van der Waals surface area (Å²) in [7, 11) is 0. The fourth-order valence-corrected chi connectivity index (χ4v) is 2.26. The van der Waals surface area contributed by atoms with Gasteiger partial charge >= 0.3 is 5.97 Å². The third kappa shape index (κ3) is 5.87. The van der Waals surface area contributed by atoms with Crippen molar-refractivity contribution in [3.8, 4) is 0 Å². The first-order valence-electron chi connectivity index (χ1n) is 6.88. The van der Waals surface area contributed by atoms with Gasteiger partial charge in [0, 0.05) is 0 Å². The van der Waals surface area contributed by atoms with Crippen molar-refractivity contribution >= 4 is 5.97 Å². The van der Waals surface area contributed by atoms with E-state index in [4.69, 9.17) is 5.11 Å². The SMILES string of the molecule is CCCCC(NCCC1=CCCCC1)C(=O)O. The minimum absolute atomic E-state index is 0.362. The molecular weight excluding hydrogens is 214 g/mol. The molecule has 0 aromatic heterocycles. The van der Waals surface area contributed by atoms with Gasteiger partial charge in [-0.3, -0.25) is 4.79 Å². The van der Waals surface area contributed by atoms with Crippen LogP contribution < -0.4 is 5.32 Å². The molecule has 1 aliphatic rings. The monoisotopic (exact) mass is 239 g/mol. The second kappa shape index (κ2) is 8.29. The molecule has 0 heterocycles. The summed E-state index contributed by atoms with van der Waals surface area (Å²) in [5, 5.41) is 12.2. The minimum Gasteiger partial charge on any atom is -0.480 e. The van der Waals surface area contributed by atoms with Crippen LogP contribution in [0, 0.1) is 0 Å². The first-order chi connectivity index (χ1) is 8.24. The van der Waals surface area contributed by atoms with E-state index in [9.17, 15) is 4.79 Å². The molecule has 0 aromatic rings. The highest BCUT2D eigenvalue weighted by Gasteiger charge is 2.15. The molecule has 0 saturated carbocycles. The van der Waals surface area contributed by atoms with Crippen molar-refractivity contribution in [3.63, 3.8) is 0 Å². The van der Waals surface area contributed by atoms with Gasteiger partial charge in [0.1, 0.15) is 6.04 Å². The van der Waals surface area contributed by atoms with E-state index in [2.05, 4.69) is 18.3 Å². The van der Waals surface area contributed by atoms with E-state index in [1.807, 2.05) is 0 Å². The third-order valence-electron chi connectivity index (χ3n) is 3.37. The zero-order valence-electron chi connectivity index (χ0n) is 10.9. The molecule has 0 aromatic carbocycles. The summed E-state index contributed by atoms with van der Waals surface area (Å²) in [4.78, 5) is 11.0. The molecule has 0 radical (unpaired) electrons. The maximum absolute atomic E-state index is 11.0. The van der Waals surface area contributed by atoms with Crippen LogP contribution >= 0.6 is 0 Å². The summed E-state index contributed by atoms with van der Waals surface area (Å²) in [5.74, 6) is -0.712. The molecule has 0 fully saturated rings. The molecule has 0 amide bonds. The molecule has 0 saturated heterocycles. The Balaban J connectivity index is 2.21. The second-order valence-electron chi connectivity index (χ2n) is 4.85. The van der Waals surface area contributed by atoms with Crippen LogP contribution in [0.25, 0.3) is 0 Å². The van der Waals surface area contributed by atoms with Crippen LogP contribution in [0.2, 0.25) is 0 Å². The van der Waals surface area contributed by atoms with Gasteiger partial charge in [-0.2, -0.15) is 0 Å². The Morgan fingerprint density at radius 2 is 2.35 bits per heavy atom. The Morgan fingerprint density at radius 3 is 2.94 bits per heavy atom. The number of nitrogens with one attached hydrogen (secondary N) is 1. The zero-order valence-corrected chi connectivity index (χ0v) is 10.9. The normalized spacial score (nSPS) is 17.6. The van der Waals surface area contributed by atoms with Crippen molar-refractivity contribution in [2.24, 2.45) is 0 Å². The summed E-state index contributed by atoms with van der Waals surface area (Å²) < 4.78 is 0. The predicted molar refractivity (Wildman–Crippen MR) is 70.1 cm³/mol. The summed E-state index contributed by atoms with van der Waals surface area (Å²) in [6, 6.07) is -0.362. The first kappa shape index (κ1) is 14.2. The number of unbranched alkanes of at least 4 members (excludes halogenated alkanes) is 1. The van der Waals surface area contributed by atoms with E-state index >= 15 is 0 Å². The quantitative estimate of drug-likeness (QED) is 0.640. The van der Waals surface area contributed by atoms with Crippen LogP contribution in [0.4, 0.5) is 0 Å². The Kier molecular flexibility index (Phi) is 6.94. The minimum atomic E-state index is -0.712. The summed E-state index contributed by atoms with van der Waals surface area (Å²) in [6.45, 7) is 2.89. The Morgan fingerprint density at radius 1 is 1.53 bits per heavy atom. The molecule has 1 unspecified atom stereocenters. The second-order valence-corrected chi connectivity index (χ2v) is 4.85. The number of allylic oxidation sites excluding steroid dienone is 1. The van der Waals surface area contributed by atoms with Gasteiger partial charge in [-0.25, -0.2) is 0 Å². The number of carbonyl (C=O) groups is 1. The van der Waals surface area contributed by atoms with Crippen LogP contribution in [-0.4, -0.2) is 23.7 Å². The van der Waals surface area contributed by atoms with E-state index in [0.717, 1.165) is 32.2 Å². The molecule has 98 valence electrons. The van der Waals surface area contributed by atoms with Crippen molar-refractivity contribution in [1.82, 2.24) is 5.32 Å². The van der Waals surface area contributed by atoms with E-state index in [1.54, 1.807) is 0 Å². The molecule has 0 bridgehead atoms. The van der Waals surface area contributed by atoms with E-state index in [1.165, 1.54) is 31.3 Å². The molecule has 17 heavy (non-hydrogen) atoms. The highest BCUT2D eigenvalue weighted by atomic mass is 16.4. The third-order valence-corrected chi connectivity index (χ3v) is 3.37. The average Bonchev–Trinajstić information content (AvgIpc) is 2.34. The van der Waals surface area contributed by atoms with Crippen molar-refractivity contribution in [3.05, 3.63) is 11.6 Å². The molecule has 1 aliphatic carbocycles. The number of carboxylic acid groups (broad SMARTS) is 1. The topological polar surface area (TPSA) is 49.3 Å². The van der Waals surface area contributed by atoms with E-state index in [0.29, 0.717) is 0 Å². The van der Waals surface area contributed by atoms with Crippen molar-refractivity contribution in [2.45, 2.75) is 64.3 Å². The fourth-order valence-electron chi connectivity index (χ4n) is 2.26. The lowest BCUT2D eigenvalue weighted by atomic mass is 9.97. The molecule has 1 atom stereocenters. The van der Waals surface area contributed by atoms with Crippen molar-refractivity contribution in [1.29, 1.82) is 0 Å². The van der Waals surface area contributed by atoms with Gasteiger partial charge in [0.25, 0.3) is 0 Å². The van der Waals surface area contributed by atoms with Gasteiger partial charge in [-0.1, -0.05) is 31.4 Å². The van der Waals surface area contributed by atoms with Gasteiger partial charge in [0.2, 0.25) is 0 Å². The molecule has 3 heteroatoms. The Bertz CT molecular complexity index is 261. The molecule has 1 rings (SSSR count). The van der Waals surface area contributed by atoms with Crippen molar-refractivity contribution in [2.75, 3.05) is 6.54 Å². The highest BCUT2D eigenvalue weighted by Crippen LogP contribution is 2.19. The largest absolute Gasteiger partial charge is 0.480 e.